The number of halogens is 1. The van der Waals surface area contributed by atoms with E-state index in [4.69, 9.17) is 9.47 Å². The molecule has 1 N–H and O–H groups in total. The lowest BCUT2D eigenvalue weighted by molar-refractivity contribution is -0.153. The topological polar surface area (TPSA) is 67.9 Å². The SMILES string of the molecule is O=C(COC(=O)CC12CC3CC(CC(Br)(C3)C1)C2)Nc1ccc(N2CCOCC2)cc1. The Labute approximate surface area is 192 Å². The van der Waals surface area contributed by atoms with Gasteiger partial charge in [-0.15, -0.1) is 0 Å². The van der Waals surface area contributed by atoms with Crippen molar-refractivity contribution in [3.05, 3.63) is 24.3 Å². The Morgan fingerprint density at radius 2 is 1.77 bits per heavy atom. The number of hydrogen-bond donors (Lipinski definition) is 1. The van der Waals surface area contributed by atoms with Crippen molar-refractivity contribution in [1.82, 2.24) is 0 Å². The van der Waals surface area contributed by atoms with E-state index in [0.717, 1.165) is 63.1 Å². The van der Waals surface area contributed by atoms with Crippen LogP contribution in [-0.2, 0) is 19.1 Å². The third-order valence-corrected chi connectivity index (χ3v) is 8.45. The van der Waals surface area contributed by atoms with E-state index in [1.54, 1.807) is 0 Å². The van der Waals surface area contributed by atoms with Gasteiger partial charge in [0, 0.05) is 28.8 Å². The van der Waals surface area contributed by atoms with Crippen molar-refractivity contribution in [2.24, 2.45) is 17.3 Å². The third kappa shape index (κ3) is 4.77. The maximum absolute atomic E-state index is 12.6. The smallest absolute Gasteiger partial charge is 0.306 e. The molecule has 1 amide bonds. The van der Waals surface area contributed by atoms with Gasteiger partial charge in [0.25, 0.3) is 5.91 Å². The number of hydrogen-bond acceptors (Lipinski definition) is 5. The van der Waals surface area contributed by atoms with Crippen molar-refractivity contribution in [3.8, 4) is 0 Å². The number of esters is 1. The lowest BCUT2D eigenvalue weighted by atomic mass is 9.49. The lowest BCUT2D eigenvalue weighted by Gasteiger charge is -2.60. The first-order chi connectivity index (χ1) is 14.9. The summed E-state index contributed by atoms with van der Waals surface area (Å²) in [4.78, 5) is 27.1. The predicted molar refractivity (Wildman–Crippen MR) is 122 cm³/mol. The van der Waals surface area contributed by atoms with Gasteiger partial charge in [-0.3, -0.25) is 9.59 Å². The van der Waals surface area contributed by atoms with E-state index in [1.165, 1.54) is 19.3 Å². The van der Waals surface area contributed by atoms with Crippen LogP contribution >= 0.6 is 15.9 Å². The van der Waals surface area contributed by atoms with Crippen molar-refractivity contribution < 1.29 is 19.1 Å². The van der Waals surface area contributed by atoms with E-state index in [-0.39, 0.29) is 28.2 Å². The van der Waals surface area contributed by atoms with Gasteiger partial charge in [-0.25, -0.2) is 0 Å². The summed E-state index contributed by atoms with van der Waals surface area (Å²) in [5.41, 5.74) is 1.89. The molecule has 4 aliphatic carbocycles. The largest absolute Gasteiger partial charge is 0.456 e. The first-order valence-electron chi connectivity index (χ1n) is 11.5. The van der Waals surface area contributed by atoms with Crippen LogP contribution in [0.25, 0.3) is 0 Å². The van der Waals surface area contributed by atoms with Gasteiger partial charge in [0.2, 0.25) is 0 Å². The number of benzene rings is 1. The Hall–Kier alpha value is -1.60. The summed E-state index contributed by atoms with van der Waals surface area (Å²) in [6.07, 6.45) is 7.57. The van der Waals surface area contributed by atoms with Crippen LogP contribution in [0.15, 0.2) is 24.3 Å². The molecule has 6 nitrogen and oxygen atoms in total. The average Bonchev–Trinajstić information content (AvgIpc) is 2.71. The van der Waals surface area contributed by atoms with E-state index in [9.17, 15) is 9.59 Å². The fraction of sp³-hybridized carbons (Fsp3) is 0.667. The van der Waals surface area contributed by atoms with Gasteiger partial charge >= 0.3 is 5.97 Å². The first kappa shape index (κ1) is 21.3. The van der Waals surface area contributed by atoms with E-state index in [0.29, 0.717) is 12.1 Å². The van der Waals surface area contributed by atoms with Gasteiger partial charge in [0.05, 0.1) is 19.6 Å². The number of carbonyl (C=O) groups is 2. The quantitative estimate of drug-likeness (QED) is 0.479. The summed E-state index contributed by atoms with van der Waals surface area (Å²) >= 11 is 3.99. The molecule has 2 atom stereocenters. The van der Waals surface area contributed by atoms with E-state index in [1.807, 2.05) is 24.3 Å². The number of nitrogens with one attached hydrogen (secondary N) is 1. The number of amides is 1. The number of rotatable bonds is 6. The highest BCUT2D eigenvalue weighted by Crippen LogP contribution is 2.65. The number of nitrogens with zero attached hydrogens (tertiary/aromatic N) is 1. The standard InChI is InChI=1S/C24H31BrN2O4/c25-24-12-17-9-18(13-24)11-23(10-17,16-24)14-22(29)31-15-21(28)26-19-1-3-20(4-2-19)27-5-7-30-8-6-27/h1-4,17-18H,5-16H2,(H,26,28). The molecular weight excluding hydrogens is 460 g/mol. The van der Waals surface area contributed by atoms with Crippen molar-refractivity contribution in [1.29, 1.82) is 0 Å². The van der Waals surface area contributed by atoms with Gasteiger partial charge < -0.3 is 19.7 Å². The van der Waals surface area contributed by atoms with E-state index in [2.05, 4.69) is 26.1 Å². The molecule has 5 fully saturated rings. The number of alkyl halides is 1. The van der Waals surface area contributed by atoms with Crippen LogP contribution in [0, 0.1) is 17.3 Å². The second kappa shape index (κ2) is 8.39. The summed E-state index contributed by atoms with van der Waals surface area (Å²) < 4.78 is 11.0. The van der Waals surface area contributed by atoms with Crippen LogP contribution in [0.4, 0.5) is 11.4 Å². The molecule has 2 unspecified atom stereocenters. The van der Waals surface area contributed by atoms with Crippen molar-refractivity contribution >= 4 is 39.2 Å². The molecule has 1 aromatic carbocycles. The molecule has 0 aromatic heterocycles. The fourth-order valence-electron chi connectivity index (χ4n) is 6.82. The van der Waals surface area contributed by atoms with Crippen LogP contribution < -0.4 is 10.2 Å². The molecule has 31 heavy (non-hydrogen) atoms. The van der Waals surface area contributed by atoms with Crippen LogP contribution in [-0.4, -0.2) is 49.1 Å². The highest BCUT2D eigenvalue weighted by atomic mass is 79.9. The summed E-state index contributed by atoms with van der Waals surface area (Å²) in [7, 11) is 0. The highest BCUT2D eigenvalue weighted by molar-refractivity contribution is 9.10. The zero-order valence-electron chi connectivity index (χ0n) is 17.9. The Morgan fingerprint density at radius 3 is 2.42 bits per heavy atom. The molecule has 168 valence electrons. The summed E-state index contributed by atoms with van der Waals surface area (Å²) in [5, 5.41) is 2.83. The average molecular weight is 491 g/mol. The zero-order valence-corrected chi connectivity index (χ0v) is 19.5. The minimum absolute atomic E-state index is 0.0659. The van der Waals surface area contributed by atoms with Gasteiger partial charge in [0.1, 0.15) is 0 Å². The summed E-state index contributed by atoms with van der Waals surface area (Å²) in [6, 6.07) is 7.76. The molecule has 0 radical (unpaired) electrons. The van der Waals surface area contributed by atoms with Crippen molar-refractivity contribution in [2.45, 2.75) is 49.3 Å². The third-order valence-electron chi connectivity index (χ3n) is 7.52. The van der Waals surface area contributed by atoms with E-state index >= 15 is 0 Å². The number of anilines is 2. The van der Waals surface area contributed by atoms with Gasteiger partial charge in [-0.1, -0.05) is 15.9 Å². The fourth-order valence-corrected chi connectivity index (χ4v) is 8.33. The van der Waals surface area contributed by atoms with E-state index < -0.39 is 0 Å². The molecule has 1 aliphatic heterocycles. The minimum Gasteiger partial charge on any atom is -0.456 e. The molecule has 1 heterocycles. The van der Waals surface area contributed by atoms with Crippen molar-refractivity contribution in [3.63, 3.8) is 0 Å². The monoisotopic (exact) mass is 490 g/mol. The van der Waals surface area contributed by atoms with Gasteiger partial charge in [-0.05, 0) is 80.0 Å². The lowest BCUT2D eigenvalue weighted by Crippen LogP contribution is -2.53. The van der Waals surface area contributed by atoms with Gasteiger partial charge in [-0.2, -0.15) is 0 Å². The van der Waals surface area contributed by atoms with Crippen LogP contribution in [0.2, 0.25) is 0 Å². The summed E-state index contributed by atoms with van der Waals surface area (Å²) in [6.45, 7) is 3.00. The Morgan fingerprint density at radius 1 is 1.10 bits per heavy atom. The predicted octanol–water partition coefficient (Wildman–Crippen LogP) is 4.13. The molecule has 1 aromatic rings. The Bertz CT molecular complexity index is 822. The van der Waals surface area contributed by atoms with Crippen LogP contribution in [0.5, 0.6) is 0 Å². The normalized spacial score (nSPS) is 33.9. The minimum atomic E-state index is -0.296. The first-order valence-corrected chi connectivity index (χ1v) is 12.3. The molecule has 6 rings (SSSR count). The molecule has 0 spiro atoms. The number of carbonyl (C=O) groups excluding carboxylic acids is 2. The second-order valence-electron chi connectivity index (χ2n) is 10.1. The molecule has 4 saturated carbocycles. The molecule has 1 saturated heterocycles. The molecular formula is C24H31BrN2O4. The maximum Gasteiger partial charge on any atom is 0.306 e. The highest BCUT2D eigenvalue weighted by Gasteiger charge is 2.57. The Kier molecular flexibility index (Phi) is 5.76. The van der Waals surface area contributed by atoms with Gasteiger partial charge in [0.15, 0.2) is 6.61 Å². The molecule has 5 aliphatic rings. The van der Waals surface area contributed by atoms with Crippen LogP contribution in [0.3, 0.4) is 0 Å². The van der Waals surface area contributed by atoms with Crippen molar-refractivity contribution in [2.75, 3.05) is 43.1 Å². The Balaban J connectivity index is 1.10. The number of morpholine rings is 1. The second-order valence-corrected chi connectivity index (χ2v) is 11.8. The molecule has 7 heteroatoms. The van der Waals surface area contributed by atoms with Crippen LogP contribution in [0.1, 0.15) is 44.9 Å². The maximum atomic E-state index is 12.6. The molecule has 4 bridgehead atoms. The summed E-state index contributed by atoms with van der Waals surface area (Å²) in [5.74, 6) is 0.931. The zero-order chi connectivity index (χ0) is 21.5. The number of ether oxygens (including phenoxy) is 2.